The minimum Gasteiger partial charge on any atom is -0.295 e. The maximum atomic E-state index is 13.4. The summed E-state index contributed by atoms with van der Waals surface area (Å²) in [6.07, 6.45) is 0. The monoisotopic (exact) mass is 443 g/mol. The molecule has 0 saturated heterocycles. The molecule has 0 fully saturated rings. The van der Waals surface area contributed by atoms with E-state index in [9.17, 15) is 4.79 Å². The highest BCUT2D eigenvalue weighted by Gasteiger charge is 2.42. The summed E-state index contributed by atoms with van der Waals surface area (Å²) in [7, 11) is 0. The first-order valence-corrected chi connectivity index (χ1v) is 10.2. The van der Waals surface area contributed by atoms with Gasteiger partial charge in [-0.15, -0.1) is 0 Å². The zero-order valence-corrected chi connectivity index (χ0v) is 17.3. The van der Waals surface area contributed by atoms with Gasteiger partial charge in [0.15, 0.2) is 0 Å². The van der Waals surface area contributed by atoms with Gasteiger partial charge in [0.1, 0.15) is 5.69 Å². The van der Waals surface area contributed by atoms with Crippen LogP contribution >= 0.6 is 15.9 Å². The zero-order chi connectivity index (χ0) is 20.0. The van der Waals surface area contributed by atoms with E-state index in [1.54, 1.807) is 0 Å². The quantitative estimate of drug-likeness (QED) is 0.428. The maximum Gasteiger partial charge on any atom is 0.277 e. The Morgan fingerprint density at radius 3 is 2.31 bits per heavy atom. The Balaban J connectivity index is 1.71. The number of amides is 1. The molecule has 5 rings (SSSR count). The molecule has 0 saturated carbocycles. The molecule has 1 amide bonds. The summed E-state index contributed by atoms with van der Waals surface area (Å²) in [6.45, 7) is 2.04. The molecule has 1 aliphatic rings. The fourth-order valence-corrected chi connectivity index (χ4v) is 4.16. The molecule has 1 unspecified atom stereocenters. The molecule has 1 aliphatic heterocycles. The van der Waals surface area contributed by atoms with Gasteiger partial charge in [-0.25, -0.2) is 0 Å². The summed E-state index contributed by atoms with van der Waals surface area (Å²) in [5.74, 6) is -0.0615. The topological polar surface area (TPSA) is 49.0 Å². The van der Waals surface area contributed by atoms with E-state index in [-0.39, 0.29) is 11.9 Å². The van der Waals surface area contributed by atoms with Crippen molar-refractivity contribution < 1.29 is 4.79 Å². The second kappa shape index (κ2) is 7.01. The highest BCUT2D eigenvalue weighted by Crippen LogP contribution is 2.45. The number of nitrogens with one attached hydrogen (secondary N) is 1. The predicted molar refractivity (Wildman–Crippen MR) is 118 cm³/mol. The number of halogens is 1. The van der Waals surface area contributed by atoms with Crippen LogP contribution in [0.15, 0.2) is 83.3 Å². The first-order valence-electron chi connectivity index (χ1n) is 9.43. The van der Waals surface area contributed by atoms with E-state index in [4.69, 9.17) is 0 Å². The summed E-state index contributed by atoms with van der Waals surface area (Å²) in [5.41, 5.74) is 6.35. The third-order valence-electron chi connectivity index (χ3n) is 5.31. The SMILES string of the molecule is Cc1ccc(N2C(=O)c3[nH]nc(-c4ccc(Br)cc4)c3C2c2ccccc2)cc1. The van der Waals surface area contributed by atoms with Crippen molar-refractivity contribution in [3.8, 4) is 11.3 Å². The van der Waals surface area contributed by atoms with Gasteiger partial charge in [-0.2, -0.15) is 5.10 Å². The van der Waals surface area contributed by atoms with E-state index in [0.717, 1.165) is 38.1 Å². The number of hydrogen-bond donors (Lipinski definition) is 1. The fourth-order valence-electron chi connectivity index (χ4n) is 3.90. The van der Waals surface area contributed by atoms with Crippen LogP contribution in [0.1, 0.15) is 33.2 Å². The van der Waals surface area contributed by atoms with Crippen molar-refractivity contribution in [2.24, 2.45) is 0 Å². The van der Waals surface area contributed by atoms with Crippen LogP contribution in [0.2, 0.25) is 0 Å². The second-order valence-corrected chi connectivity index (χ2v) is 8.11. The van der Waals surface area contributed by atoms with Crippen LogP contribution in [0, 0.1) is 6.92 Å². The Kier molecular flexibility index (Phi) is 4.32. The molecule has 2 heterocycles. The molecular weight excluding hydrogens is 426 g/mol. The minimum atomic E-state index is -0.237. The van der Waals surface area contributed by atoms with Crippen molar-refractivity contribution in [2.45, 2.75) is 13.0 Å². The molecule has 3 aromatic carbocycles. The first-order chi connectivity index (χ1) is 14.1. The lowest BCUT2D eigenvalue weighted by Crippen LogP contribution is -2.29. The minimum absolute atomic E-state index is 0.0615. The summed E-state index contributed by atoms with van der Waals surface area (Å²) in [6, 6.07) is 26.0. The molecule has 29 heavy (non-hydrogen) atoms. The van der Waals surface area contributed by atoms with Gasteiger partial charge < -0.3 is 0 Å². The molecule has 1 N–H and O–H groups in total. The molecule has 4 aromatic rings. The fraction of sp³-hybridized carbons (Fsp3) is 0.0833. The zero-order valence-electron chi connectivity index (χ0n) is 15.8. The van der Waals surface area contributed by atoms with E-state index in [1.807, 2.05) is 78.6 Å². The molecule has 142 valence electrons. The third-order valence-corrected chi connectivity index (χ3v) is 5.84. The van der Waals surface area contributed by atoms with E-state index in [0.29, 0.717) is 5.69 Å². The standard InChI is InChI=1S/C24H18BrN3O/c1-15-7-13-19(14-8-15)28-23(17-5-3-2-4-6-17)20-21(26-27-22(20)24(28)29)16-9-11-18(25)12-10-16/h2-14,23H,1H3,(H,26,27). The van der Waals surface area contributed by atoms with Gasteiger partial charge in [-0.3, -0.25) is 14.8 Å². The van der Waals surface area contributed by atoms with E-state index in [2.05, 4.69) is 38.3 Å². The van der Waals surface area contributed by atoms with Gasteiger partial charge in [0.2, 0.25) is 0 Å². The lowest BCUT2D eigenvalue weighted by atomic mass is 9.96. The third kappa shape index (κ3) is 2.98. The second-order valence-electron chi connectivity index (χ2n) is 7.19. The number of H-pyrrole nitrogens is 1. The number of carbonyl (C=O) groups is 1. The predicted octanol–water partition coefficient (Wildman–Crippen LogP) is 5.90. The molecule has 0 spiro atoms. The van der Waals surface area contributed by atoms with Crippen LogP contribution < -0.4 is 4.90 Å². The Labute approximate surface area is 177 Å². The maximum absolute atomic E-state index is 13.4. The van der Waals surface area contributed by atoms with Crippen LogP contribution in [0.4, 0.5) is 5.69 Å². The van der Waals surface area contributed by atoms with Crippen molar-refractivity contribution in [1.29, 1.82) is 0 Å². The van der Waals surface area contributed by atoms with Gasteiger partial charge in [-0.1, -0.05) is 76.1 Å². The average Bonchev–Trinajstić information content (AvgIpc) is 3.29. The van der Waals surface area contributed by atoms with Crippen LogP contribution in [0.3, 0.4) is 0 Å². The first kappa shape index (κ1) is 17.9. The van der Waals surface area contributed by atoms with Gasteiger partial charge in [0.05, 0.1) is 11.7 Å². The number of benzene rings is 3. The lowest BCUT2D eigenvalue weighted by molar-refractivity contribution is 0.0989. The average molecular weight is 444 g/mol. The Morgan fingerprint density at radius 2 is 1.62 bits per heavy atom. The number of nitrogens with zero attached hydrogens (tertiary/aromatic N) is 2. The number of hydrogen-bond acceptors (Lipinski definition) is 2. The number of carbonyl (C=O) groups excluding carboxylic acids is 1. The molecule has 5 heteroatoms. The number of aryl methyl sites for hydroxylation is 1. The van der Waals surface area contributed by atoms with Gasteiger partial charge in [0.25, 0.3) is 5.91 Å². The normalized spacial score (nSPS) is 15.6. The van der Waals surface area contributed by atoms with Gasteiger partial charge in [-0.05, 0) is 36.8 Å². The number of anilines is 1. The van der Waals surface area contributed by atoms with E-state index in [1.165, 1.54) is 0 Å². The molecule has 4 nitrogen and oxygen atoms in total. The van der Waals surface area contributed by atoms with E-state index < -0.39 is 0 Å². The van der Waals surface area contributed by atoms with Crippen molar-refractivity contribution in [2.75, 3.05) is 4.90 Å². The van der Waals surface area contributed by atoms with Crippen LogP contribution in [-0.4, -0.2) is 16.1 Å². The Hall–Kier alpha value is -3.18. The number of aromatic amines is 1. The number of fused-ring (bicyclic) bond motifs is 1. The van der Waals surface area contributed by atoms with Crippen molar-refractivity contribution >= 4 is 27.5 Å². The Bertz CT molecular complexity index is 1180. The summed E-state index contributed by atoms with van der Waals surface area (Å²) >= 11 is 3.48. The van der Waals surface area contributed by atoms with E-state index >= 15 is 0 Å². The number of rotatable bonds is 3. The van der Waals surface area contributed by atoms with Crippen LogP contribution in [-0.2, 0) is 0 Å². The highest BCUT2D eigenvalue weighted by atomic mass is 79.9. The molecule has 0 aliphatic carbocycles. The van der Waals surface area contributed by atoms with Crippen LogP contribution in [0.5, 0.6) is 0 Å². The molecule has 0 radical (unpaired) electrons. The summed E-state index contributed by atoms with van der Waals surface area (Å²) in [5, 5.41) is 7.53. The molecule has 1 atom stereocenters. The highest BCUT2D eigenvalue weighted by molar-refractivity contribution is 9.10. The Morgan fingerprint density at radius 1 is 0.931 bits per heavy atom. The van der Waals surface area contributed by atoms with Crippen molar-refractivity contribution in [1.82, 2.24) is 10.2 Å². The van der Waals surface area contributed by atoms with Crippen molar-refractivity contribution in [3.05, 3.63) is 106 Å². The molecule has 1 aromatic heterocycles. The summed E-state index contributed by atoms with van der Waals surface area (Å²) in [4.78, 5) is 15.3. The van der Waals surface area contributed by atoms with Crippen molar-refractivity contribution in [3.63, 3.8) is 0 Å². The number of aromatic nitrogens is 2. The lowest BCUT2D eigenvalue weighted by Gasteiger charge is -2.26. The molecule has 0 bridgehead atoms. The van der Waals surface area contributed by atoms with Crippen LogP contribution in [0.25, 0.3) is 11.3 Å². The molecular formula is C24H18BrN3O. The largest absolute Gasteiger partial charge is 0.295 e. The van der Waals surface area contributed by atoms with Gasteiger partial charge in [0, 0.05) is 21.3 Å². The van der Waals surface area contributed by atoms with Gasteiger partial charge >= 0.3 is 0 Å². The smallest absolute Gasteiger partial charge is 0.277 e. The summed E-state index contributed by atoms with van der Waals surface area (Å²) < 4.78 is 1.00.